The molecule has 0 radical (unpaired) electrons. The molecule has 3 aromatic rings. The van der Waals surface area contributed by atoms with Crippen LogP contribution < -0.4 is 0 Å². The number of aryl methyl sites for hydroxylation is 2. The second kappa shape index (κ2) is 12.2. The molecule has 3 rings (SSSR count). The number of hydrogen-bond donors (Lipinski definition) is 1. The topological polar surface area (TPSA) is 33.1 Å². The predicted octanol–water partition coefficient (Wildman–Crippen LogP) is 6.30. The number of hydrogen-bond acceptors (Lipinski definition) is 2. The zero-order valence-corrected chi connectivity index (χ0v) is 15.2. The highest BCUT2D eigenvalue weighted by Crippen LogP contribution is 2.14. The maximum Gasteiger partial charge on any atom is 0.115 e. The van der Waals surface area contributed by atoms with Crippen LogP contribution in [0.4, 0.5) is 0 Å². The minimum Gasteiger partial charge on any atom is -0.508 e. The molecule has 124 valence electrons. The Morgan fingerprint density at radius 3 is 1.96 bits per heavy atom. The number of aromatic nitrogens is 1. The summed E-state index contributed by atoms with van der Waals surface area (Å²) in [5.74, 6) is 0.338. The fourth-order valence-corrected chi connectivity index (χ4v) is 1.89. The molecule has 0 saturated heterocycles. The Balaban J connectivity index is 0.000000358. The van der Waals surface area contributed by atoms with Crippen molar-refractivity contribution in [3.05, 3.63) is 71.9 Å². The molecule has 0 aliphatic rings. The molecule has 1 heterocycles. The Kier molecular flexibility index (Phi) is 11.0. The van der Waals surface area contributed by atoms with E-state index in [9.17, 15) is 0 Å². The molecule has 2 heteroatoms. The van der Waals surface area contributed by atoms with E-state index in [1.165, 1.54) is 10.9 Å². The van der Waals surface area contributed by atoms with Crippen LogP contribution in [0.5, 0.6) is 5.75 Å². The van der Waals surface area contributed by atoms with Crippen LogP contribution in [-0.4, -0.2) is 10.1 Å². The molecule has 0 amide bonds. The standard InChI is InChI=1S/C10H9N.C7H8O.2C2H6/c1-8-4-2-6-10-9(8)5-3-7-11-10;1-6-3-2-4-7(8)5-6;2*1-2/h2-7H,1H3;2-5,8H,1H3;2*1-2H3. The van der Waals surface area contributed by atoms with Gasteiger partial charge in [-0.3, -0.25) is 4.98 Å². The van der Waals surface area contributed by atoms with Crippen LogP contribution in [-0.2, 0) is 0 Å². The van der Waals surface area contributed by atoms with Crippen molar-refractivity contribution in [2.75, 3.05) is 0 Å². The van der Waals surface area contributed by atoms with E-state index in [2.05, 4.69) is 24.0 Å². The van der Waals surface area contributed by atoms with E-state index in [1.54, 1.807) is 12.1 Å². The molecule has 0 saturated carbocycles. The fourth-order valence-electron chi connectivity index (χ4n) is 1.89. The molecule has 0 spiro atoms. The lowest BCUT2D eigenvalue weighted by Crippen LogP contribution is -1.79. The second-order valence-electron chi connectivity index (χ2n) is 4.48. The van der Waals surface area contributed by atoms with Crippen molar-refractivity contribution >= 4 is 10.9 Å². The van der Waals surface area contributed by atoms with Gasteiger partial charge < -0.3 is 5.11 Å². The second-order valence-corrected chi connectivity index (χ2v) is 4.48. The van der Waals surface area contributed by atoms with Gasteiger partial charge in [-0.2, -0.15) is 0 Å². The number of aromatic hydroxyl groups is 1. The summed E-state index contributed by atoms with van der Waals surface area (Å²) in [7, 11) is 0. The molecule has 0 unspecified atom stereocenters. The van der Waals surface area contributed by atoms with Gasteiger partial charge in [0.05, 0.1) is 5.52 Å². The zero-order chi connectivity index (χ0) is 17.7. The van der Waals surface area contributed by atoms with Gasteiger partial charge in [-0.15, -0.1) is 0 Å². The van der Waals surface area contributed by atoms with Gasteiger partial charge in [-0.1, -0.05) is 58.0 Å². The summed E-state index contributed by atoms with van der Waals surface area (Å²) in [6.07, 6.45) is 1.82. The lowest BCUT2D eigenvalue weighted by atomic mass is 10.1. The molecule has 0 aliphatic heterocycles. The quantitative estimate of drug-likeness (QED) is 0.528. The number of fused-ring (bicyclic) bond motifs is 1. The highest BCUT2D eigenvalue weighted by molar-refractivity contribution is 5.81. The van der Waals surface area contributed by atoms with Gasteiger partial charge in [0.2, 0.25) is 0 Å². The van der Waals surface area contributed by atoms with Crippen LogP contribution in [0.25, 0.3) is 10.9 Å². The molecule has 23 heavy (non-hydrogen) atoms. The summed E-state index contributed by atoms with van der Waals surface area (Å²) in [5, 5.41) is 10.1. The van der Waals surface area contributed by atoms with Crippen molar-refractivity contribution < 1.29 is 5.11 Å². The molecule has 0 atom stereocenters. The first kappa shape index (κ1) is 20.6. The summed E-state index contributed by atoms with van der Waals surface area (Å²) in [4.78, 5) is 4.24. The van der Waals surface area contributed by atoms with E-state index in [4.69, 9.17) is 5.11 Å². The molecule has 2 nitrogen and oxygen atoms in total. The Morgan fingerprint density at radius 2 is 1.43 bits per heavy atom. The molecule has 2 aromatic carbocycles. The Labute approximate surface area is 140 Å². The maximum absolute atomic E-state index is 8.81. The third-order valence-corrected chi connectivity index (χ3v) is 2.87. The average molecular weight is 311 g/mol. The first-order chi connectivity index (χ1) is 11.2. The lowest BCUT2D eigenvalue weighted by molar-refractivity contribution is 0.475. The molecule has 1 N–H and O–H groups in total. The van der Waals surface area contributed by atoms with Gasteiger partial charge in [0.15, 0.2) is 0 Å². The summed E-state index contributed by atoms with van der Waals surface area (Å²) in [6.45, 7) is 12.0. The summed E-state index contributed by atoms with van der Waals surface area (Å²) < 4.78 is 0. The largest absolute Gasteiger partial charge is 0.508 e. The number of benzene rings is 2. The molecule has 0 bridgehead atoms. The third kappa shape index (κ3) is 7.46. The molecule has 0 aliphatic carbocycles. The van der Waals surface area contributed by atoms with Crippen LogP contribution in [0, 0.1) is 13.8 Å². The van der Waals surface area contributed by atoms with E-state index >= 15 is 0 Å². The summed E-state index contributed by atoms with van der Waals surface area (Å²) in [5.41, 5.74) is 3.45. The number of phenols is 1. The monoisotopic (exact) mass is 311 g/mol. The van der Waals surface area contributed by atoms with E-state index in [0.29, 0.717) is 5.75 Å². The Hall–Kier alpha value is -2.35. The summed E-state index contributed by atoms with van der Waals surface area (Å²) in [6, 6.07) is 17.4. The normalized spacial score (nSPS) is 8.61. The van der Waals surface area contributed by atoms with Crippen LogP contribution in [0.3, 0.4) is 0 Å². The smallest absolute Gasteiger partial charge is 0.115 e. The van der Waals surface area contributed by atoms with Crippen molar-refractivity contribution in [1.29, 1.82) is 0 Å². The van der Waals surface area contributed by atoms with Crippen molar-refractivity contribution in [1.82, 2.24) is 4.98 Å². The van der Waals surface area contributed by atoms with Crippen LogP contribution in [0.15, 0.2) is 60.8 Å². The number of pyridine rings is 1. The third-order valence-electron chi connectivity index (χ3n) is 2.87. The van der Waals surface area contributed by atoms with Crippen molar-refractivity contribution in [3.63, 3.8) is 0 Å². The van der Waals surface area contributed by atoms with E-state index in [1.807, 2.05) is 71.1 Å². The molecular formula is C21H29NO. The Morgan fingerprint density at radius 1 is 0.783 bits per heavy atom. The van der Waals surface area contributed by atoms with Gasteiger partial charge in [-0.25, -0.2) is 0 Å². The van der Waals surface area contributed by atoms with Crippen LogP contribution in [0.2, 0.25) is 0 Å². The van der Waals surface area contributed by atoms with E-state index in [0.717, 1.165) is 11.1 Å². The van der Waals surface area contributed by atoms with E-state index < -0.39 is 0 Å². The van der Waals surface area contributed by atoms with Gasteiger partial charge in [0.1, 0.15) is 5.75 Å². The highest BCUT2D eigenvalue weighted by Gasteiger charge is 1.93. The number of phenolic OH excluding ortho intramolecular Hbond substituents is 1. The summed E-state index contributed by atoms with van der Waals surface area (Å²) >= 11 is 0. The van der Waals surface area contributed by atoms with Crippen LogP contribution >= 0.6 is 0 Å². The number of rotatable bonds is 0. The fraction of sp³-hybridized carbons (Fsp3) is 0.286. The van der Waals surface area contributed by atoms with Gasteiger partial charge in [0, 0.05) is 11.6 Å². The SMILES string of the molecule is CC.CC.Cc1cccc(O)c1.Cc1cccc2ncccc12. The number of nitrogens with zero attached hydrogens (tertiary/aromatic N) is 1. The highest BCUT2D eigenvalue weighted by atomic mass is 16.3. The van der Waals surface area contributed by atoms with Crippen molar-refractivity contribution in [3.8, 4) is 5.75 Å². The zero-order valence-electron chi connectivity index (χ0n) is 15.2. The average Bonchev–Trinajstić information content (AvgIpc) is 2.59. The minimum atomic E-state index is 0.338. The molecular weight excluding hydrogens is 282 g/mol. The van der Waals surface area contributed by atoms with Crippen LogP contribution in [0.1, 0.15) is 38.8 Å². The Bertz CT molecular complexity index is 655. The minimum absolute atomic E-state index is 0.338. The molecule has 0 fully saturated rings. The molecule has 1 aromatic heterocycles. The van der Waals surface area contributed by atoms with Crippen molar-refractivity contribution in [2.45, 2.75) is 41.5 Å². The van der Waals surface area contributed by atoms with Gasteiger partial charge >= 0.3 is 0 Å². The van der Waals surface area contributed by atoms with Gasteiger partial charge in [0.25, 0.3) is 0 Å². The lowest BCUT2D eigenvalue weighted by Gasteiger charge is -1.97. The maximum atomic E-state index is 8.81. The first-order valence-corrected chi connectivity index (χ1v) is 8.23. The predicted molar refractivity (Wildman–Crippen MR) is 102 cm³/mol. The van der Waals surface area contributed by atoms with E-state index in [-0.39, 0.29) is 0 Å². The van der Waals surface area contributed by atoms with Crippen molar-refractivity contribution in [2.24, 2.45) is 0 Å². The first-order valence-electron chi connectivity index (χ1n) is 8.23. The van der Waals surface area contributed by atoms with Gasteiger partial charge in [-0.05, 0) is 49.2 Å².